The van der Waals surface area contributed by atoms with E-state index >= 15 is 0 Å². The zero-order valence-corrected chi connectivity index (χ0v) is 12.2. The average Bonchev–Trinajstić information content (AvgIpc) is 2.78. The van der Waals surface area contributed by atoms with Crippen molar-refractivity contribution in [3.63, 3.8) is 0 Å². The monoisotopic (exact) mass is 307 g/mol. The number of nitrogen functional groups attached to an aromatic ring is 1. The van der Waals surface area contributed by atoms with Crippen molar-refractivity contribution >= 4 is 50.6 Å². The van der Waals surface area contributed by atoms with Crippen LogP contribution >= 0.6 is 34.7 Å². The van der Waals surface area contributed by atoms with E-state index in [0.29, 0.717) is 16.1 Å². The normalized spacial score (nSPS) is 11.0. The molecule has 0 unspecified atom stereocenters. The fourth-order valence-corrected chi connectivity index (χ4v) is 3.92. The van der Waals surface area contributed by atoms with Gasteiger partial charge in [-0.3, -0.25) is 0 Å². The van der Waals surface area contributed by atoms with Gasteiger partial charge in [0.15, 0.2) is 5.16 Å². The molecular formula is C13H10ClN3S2. The first-order valence-corrected chi connectivity index (χ1v) is 7.79. The summed E-state index contributed by atoms with van der Waals surface area (Å²) in [6.07, 6.45) is 0. The fourth-order valence-electron chi connectivity index (χ4n) is 1.72. The second kappa shape index (κ2) is 5.36. The van der Waals surface area contributed by atoms with Crippen LogP contribution in [0.3, 0.4) is 0 Å². The molecule has 0 bridgehead atoms. The van der Waals surface area contributed by atoms with Crippen LogP contribution in [0.5, 0.6) is 0 Å². The minimum Gasteiger partial charge on any atom is -0.384 e. The predicted molar refractivity (Wildman–Crippen MR) is 82.8 cm³/mol. The zero-order valence-electron chi connectivity index (χ0n) is 9.84. The Labute approximate surface area is 123 Å². The third-order valence-electron chi connectivity index (χ3n) is 2.51. The van der Waals surface area contributed by atoms with Gasteiger partial charge >= 0.3 is 0 Å². The quantitative estimate of drug-likeness (QED) is 0.447. The van der Waals surface area contributed by atoms with Gasteiger partial charge in [-0.2, -0.15) is 0 Å². The summed E-state index contributed by atoms with van der Waals surface area (Å²) in [4.78, 5) is 9.58. The molecule has 0 fully saturated rings. The average molecular weight is 308 g/mol. The molecule has 3 rings (SSSR count). The highest BCUT2D eigenvalue weighted by Crippen LogP contribution is 2.30. The van der Waals surface area contributed by atoms with Gasteiger partial charge < -0.3 is 5.73 Å². The van der Waals surface area contributed by atoms with E-state index in [9.17, 15) is 0 Å². The Bertz CT molecular complexity index is 673. The van der Waals surface area contributed by atoms with Crippen molar-refractivity contribution in [2.24, 2.45) is 0 Å². The molecule has 0 aliphatic heterocycles. The van der Waals surface area contributed by atoms with Crippen LogP contribution in [0.1, 0.15) is 4.88 Å². The van der Waals surface area contributed by atoms with Crippen LogP contribution in [-0.4, -0.2) is 9.97 Å². The maximum absolute atomic E-state index is 5.85. The number of thiophene rings is 1. The number of nitrogens with two attached hydrogens (primary N) is 1. The summed E-state index contributed by atoms with van der Waals surface area (Å²) in [5.74, 6) is 1.22. The van der Waals surface area contributed by atoms with Crippen molar-refractivity contribution < 1.29 is 0 Å². The van der Waals surface area contributed by atoms with Crippen LogP contribution in [0.15, 0.2) is 41.6 Å². The summed E-state index contributed by atoms with van der Waals surface area (Å²) in [6, 6.07) is 12.1. The highest BCUT2D eigenvalue weighted by molar-refractivity contribution is 7.98. The molecule has 0 atom stereocenters. The molecule has 0 amide bonds. The molecule has 0 spiro atoms. The summed E-state index contributed by atoms with van der Waals surface area (Å²) in [7, 11) is 0. The van der Waals surface area contributed by atoms with E-state index in [4.69, 9.17) is 17.3 Å². The number of rotatable bonds is 3. The summed E-state index contributed by atoms with van der Waals surface area (Å²) >= 11 is 9.18. The molecule has 0 saturated heterocycles. The van der Waals surface area contributed by atoms with Crippen molar-refractivity contribution in [1.29, 1.82) is 0 Å². The zero-order chi connectivity index (χ0) is 13.2. The van der Waals surface area contributed by atoms with Crippen molar-refractivity contribution in [1.82, 2.24) is 9.97 Å². The van der Waals surface area contributed by atoms with Gasteiger partial charge in [-0.15, -0.1) is 11.3 Å². The van der Waals surface area contributed by atoms with Gasteiger partial charge in [0.05, 0.1) is 0 Å². The molecule has 6 heteroatoms. The maximum atomic E-state index is 5.85. The third-order valence-corrected chi connectivity index (χ3v) is 4.90. The highest BCUT2D eigenvalue weighted by Gasteiger charge is 2.05. The molecule has 0 aliphatic rings. The number of thioether (sulfide) groups is 1. The number of benzene rings is 1. The second-order valence-electron chi connectivity index (χ2n) is 3.94. The smallest absolute Gasteiger partial charge is 0.191 e. The number of nitrogens with zero attached hydrogens (tertiary/aromatic N) is 2. The molecule has 3 nitrogen and oxygen atoms in total. The first-order valence-electron chi connectivity index (χ1n) is 5.61. The van der Waals surface area contributed by atoms with Gasteiger partial charge in [-0.05, 0) is 17.5 Å². The topological polar surface area (TPSA) is 51.8 Å². The van der Waals surface area contributed by atoms with Gasteiger partial charge in [0.25, 0.3) is 0 Å². The lowest BCUT2D eigenvalue weighted by Gasteiger charge is -2.00. The standard InChI is InChI=1S/C13H10ClN3S2/c14-11-6-12(15)17-13(16-11)18-7-9-5-8-3-1-2-4-10(8)19-9/h1-6H,7H2,(H2,15,16,17). The molecule has 96 valence electrons. The van der Waals surface area contributed by atoms with E-state index in [0.717, 1.165) is 5.75 Å². The van der Waals surface area contributed by atoms with Crippen LogP contribution in [0.4, 0.5) is 5.82 Å². The summed E-state index contributed by atoms with van der Waals surface area (Å²) in [5.41, 5.74) is 5.64. The van der Waals surface area contributed by atoms with E-state index < -0.39 is 0 Å². The molecule has 2 heterocycles. The molecule has 0 aliphatic carbocycles. The largest absolute Gasteiger partial charge is 0.384 e. The first kappa shape index (κ1) is 12.7. The molecule has 0 saturated carbocycles. The minimum absolute atomic E-state index is 0.381. The lowest BCUT2D eigenvalue weighted by Crippen LogP contribution is -1.94. The number of hydrogen-bond donors (Lipinski definition) is 1. The molecule has 2 N–H and O–H groups in total. The Morgan fingerprint density at radius 1 is 1.21 bits per heavy atom. The van der Waals surface area contributed by atoms with Gasteiger partial charge in [-0.1, -0.05) is 41.6 Å². The number of hydrogen-bond acceptors (Lipinski definition) is 5. The summed E-state index contributed by atoms with van der Waals surface area (Å²) < 4.78 is 1.30. The van der Waals surface area contributed by atoms with Crippen LogP contribution < -0.4 is 5.73 Å². The van der Waals surface area contributed by atoms with Gasteiger partial charge in [0, 0.05) is 21.4 Å². The lowest BCUT2D eigenvalue weighted by atomic mass is 10.2. The van der Waals surface area contributed by atoms with Gasteiger partial charge in [0.2, 0.25) is 0 Å². The Hall–Kier alpha value is -1.30. The summed E-state index contributed by atoms with van der Waals surface area (Å²) in [5, 5.41) is 2.27. The van der Waals surface area contributed by atoms with Crippen molar-refractivity contribution in [3.05, 3.63) is 46.4 Å². The van der Waals surface area contributed by atoms with Crippen LogP contribution in [0, 0.1) is 0 Å². The Morgan fingerprint density at radius 3 is 2.84 bits per heavy atom. The number of anilines is 1. The minimum atomic E-state index is 0.381. The molecule has 3 aromatic rings. The van der Waals surface area contributed by atoms with E-state index in [-0.39, 0.29) is 0 Å². The predicted octanol–water partition coefficient (Wildman–Crippen LogP) is 4.22. The maximum Gasteiger partial charge on any atom is 0.191 e. The van der Waals surface area contributed by atoms with Crippen molar-refractivity contribution in [2.45, 2.75) is 10.9 Å². The highest BCUT2D eigenvalue weighted by atomic mass is 35.5. The molecule has 19 heavy (non-hydrogen) atoms. The SMILES string of the molecule is Nc1cc(Cl)nc(SCc2cc3ccccc3s2)n1. The number of halogens is 1. The van der Waals surface area contributed by atoms with E-state index in [1.807, 2.05) is 6.07 Å². The first-order chi connectivity index (χ1) is 9.20. The fraction of sp³-hybridized carbons (Fsp3) is 0.0769. The van der Waals surface area contributed by atoms with Crippen LogP contribution in [0.25, 0.3) is 10.1 Å². The Morgan fingerprint density at radius 2 is 2.05 bits per heavy atom. The van der Waals surface area contributed by atoms with Crippen LogP contribution in [-0.2, 0) is 5.75 Å². The Balaban J connectivity index is 1.78. The number of aromatic nitrogens is 2. The van der Waals surface area contributed by atoms with Gasteiger partial charge in [0.1, 0.15) is 11.0 Å². The van der Waals surface area contributed by atoms with Crippen molar-refractivity contribution in [2.75, 3.05) is 5.73 Å². The van der Waals surface area contributed by atoms with Crippen molar-refractivity contribution in [3.8, 4) is 0 Å². The van der Waals surface area contributed by atoms with E-state index in [2.05, 4.69) is 34.2 Å². The summed E-state index contributed by atoms with van der Waals surface area (Å²) in [6.45, 7) is 0. The molecular weight excluding hydrogens is 298 g/mol. The van der Waals surface area contributed by atoms with E-state index in [1.165, 1.54) is 15.0 Å². The number of fused-ring (bicyclic) bond motifs is 1. The Kier molecular flexibility index (Phi) is 3.59. The molecule has 2 aromatic heterocycles. The molecule has 0 radical (unpaired) electrons. The van der Waals surface area contributed by atoms with Gasteiger partial charge in [-0.25, -0.2) is 9.97 Å². The van der Waals surface area contributed by atoms with Crippen LogP contribution in [0.2, 0.25) is 5.15 Å². The second-order valence-corrected chi connectivity index (χ2v) is 6.44. The van der Waals surface area contributed by atoms with E-state index in [1.54, 1.807) is 29.2 Å². The third kappa shape index (κ3) is 3.00. The lowest BCUT2D eigenvalue weighted by molar-refractivity contribution is 0.976. The molecule has 1 aromatic carbocycles.